The van der Waals surface area contributed by atoms with Gasteiger partial charge in [-0.25, -0.2) is 8.78 Å². The molecule has 0 heterocycles. The van der Waals surface area contributed by atoms with Gasteiger partial charge in [0.15, 0.2) is 0 Å². The van der Waals surface area contributed by atoms with E-state index < -0.39 is 17.7 Å². The largest absolute Gasteiger partial charge is 0.384 e. The molecule has 0 saturated carbocycles. The highest BCUT2D eigenvalue weighted by atomic mass is 19.1. The smallest absolute Gasteiger partial charge is 0.132 e. The molecule has 18 heavy (non-hydrogen) atoms. The minimum absolute atomic E-state index is 0.0881. The summed E-state index contributed by atoms with van der Waals surface area (Å²) in [6, 6.07) is 8.68. The first-order chi connectivity index (χ1) is 8.50. The van der Waals surface area contributed by atoms with E-state index in [4.69, 9.17) is 0 Å². The fourth-order valence-electron chi connectivity index (χ4n) is 1.96. The molecule has 2 rings (SSSR count). The second kappa shape index (κ2) is 4.86. The molecular weight excluding hydrogens is 234 g/mol. The molecule has 0 saturated heterocycles. The van der Waals surface area contributed by atoms with Crippen molar-refractivity contribution in [3.63, 3.8) is 0 Å². The van der Waals surface area contributed by atoms with Crippen molar-refractivity contribution in [1.82, 2.24) is 0 Å². The Bertz CT molecular complexity index is 579. The van der Waals surface area contributed by atoms with Crippen LogP contribution in [0, 0.1) is 25.5 Å². The lowest BCUT2D eigenvalue weighted by Gasteiger charge is -2.16. The highest BCUT2D eigenvalue weighted by Gasteiger charge is 2.17. The van der Waals surface area contributed by atoms with E-state index in [9.17, 15) is 13.9 Å². The zero-order valence-electron chi connectivity index (χ0n) is 10.2. The number of halogens is 2. The highest BCUT2D eigenvalue weighted by Crippen LogP contribution is 2.28. The van der Waals surface area contributed by atoms with Gasteiger partial charge in [0.1, 0.15) is 17.7 Å². The lowest BCUT2D eigenvalue weighted by Crippen LogP contribution is -2.05. The van der Waals surface area contributed by atoms with E-state index >= 15 is 0 Å². The van der Waals surface area contributed by atoms with Crippen molar-refractivity contribution < 1.29 is 13.9 Å². The normalized spacial score (nSPS) is 12.5. The van der Waals surface area contributed by atoms with Crippen LogP contribution in [-0.4, -0.2) is 5.11 Å². The SMILES string of the molecule is Cc1cccc(C(O)c2ccc(F)cc2F)c1C. The van der Waals surface area contributed by atoms with E-state index in [2.05, 4.69) is 0 Å². The summed E-state index contributed by atoms with van der Waals surface area (Å²) in [5.41, 5.74) is 2.66. The number of aliphatic hydroxyl groups excluding tert-OH is 1. The number of hydrogen-bond donors (Lipinski definition) is 1. The van der Waals surface area contributed by atoms with Crippen molar-refractivity contribution in [3.8, 4) is 0 Å². The topological polar surface area (TPSA) is 20.2 Å². The van der Waals surface area contributed by atoms with Gasteiger partial charge in [0.2, 0.25) is 0 Å². The summed E-state index contributed by atoms with van der Waals surface area (Å²) in [5, 5.41) is 10.2. The Morgan fingerprint density at radius 3 is 2.39 bits per heavy atom. The fraction of sp³-hybridized carbons (Fsp3) is 0.200. The van der Waals surface area contributed by atoms with Gasteiger partial charge in [-0.05, 0) is 36.6 Å². The van der Waals surface area contributed by atoms with Gasteiger partial charge in [-0.2, -0.15) is 0 Å². The minimum atomic E-state index is -1.08. The Kier molecular flexibility index (Phi) is 3.43. The lowest BCUT2D eigenvalue weighted by atomic mass is 9.94. The Balaban J connectivity index is 2.48. The van der Waals surface area contributed by atoms with Crippen LogP contribution in [0.3, 0.4) is 0 Å². The van der Waals surface area contributed by atoms with E-state index in [0.717, 1.165) is 23.3 Å². The van der Waals surface area contributed by atoms with E-state index in [1.54, 1.807) is 6.07 Å². The second-order valence-electron chi connectivity index (χ2n) is 4.36. The summed E-state index contributed by atoms with van der Waals surface area (Å²) in [6.45, 7) is 3.79. The predicted octanol–water partition coefficient (Wildman–Crippen LogP) is 3.66. The number of aryl methyl sites for hydroxylation is 1. The highest BCUT2D eigenvalue weighted by molar-refractivity contribution is 5.39. The molecule has 3 heteroatoms. The first kappa shape index (κ1) is 12.7. The van der Waals surface area contributed by atoms with Crippen molar-refractivity contribution in [2.24, 2.45) is 0 Å². The first-order valence-electron chi connectivity index (χ1n) is 5.70. The van der Waals surface area contributed by atoms with Crippen molar-refractivity contribution in [1.29, 1.82) is 0 Å². The zero-order chi connectivity index (χ0) is 13.3. The molecule has 0 amide bonds. The van der Waals surface area contributed by atoms with Gasteiger partial charge in [0.25, 0.3) is 0 Å². The molecule has 2 aromatic carbocycles. The van der Waals surface area contributed by atoms with Gasteiger partial charge in [-0.3, -0.25) is 0 Å². The molecule has 94 valence electrons. The van der Waals surface area contributed by atoms with Crippen LogP contribution in [0.5, 0.6) is 0 Å². The summed E-state index contributed by atoms with van der Waals surface area (Å²) in [7, 11) is 0. The van der Waals surface area contributed by atoms with Crippen LogP contribution < -0.4 is 0 Å². The average Bonchev–Trinajstić information content (AvgIpc) is 2.32. The van der Waals surface area contributed by atoms with Gasteiger partial charge in [-0.1, -0.05) is 24.3 Å². The number of hydrogen-bond acceptors (Lipinski definition) is 1. The molecule has 0 spiro atoms. The summed E-state index contributed by atoms with van der Waals surface area (Å²) in [4.78, 5) is 0. The third-order valence-electron chi connectivity index (χ3n) is 3.20. The Morgan fingerprint density at radius 1 is 1.00 bits per heavy atom. The van der Waals surface area contributed by atoms with Crippen molar-refractivity contribution >= 4 is 0 Å². The van der Waals surface area contributed by atoms with Crippen LogP contribution in [0.2, 0.25) is 0 Å². The number of benzene rings is 2. The van der Waals surface area contributed by atoms with Crippen molar-refractivity contribution in [3.05, 3.63) is 70.3 Å². The third kappa shape index (κ3) is 2.27. The zero-order valence-corrected chi connectivity index (χ0v) is 10.2. The Hall–Kier alpha value is -1.74. The maximum atomic E-state index is 13.6. The third-order valence-corrected chi connectivity index (χ3v) is 3.20. The summed E-state index contributed by atoms with van der Waals surface area (Å²) >= 11 is 0. The van der Waals surface area contributed by atoms with Crippen LogP contribution in [-0.2, 0) is 0 Å². The van der Waals surface area contributed by atoms with Gasteiger partial charge >= 0.3 is 0 Å². The van der Waals surface area contributed by atoms with Gasteiger partial charge in [-0.15, -0.1) is 0 Å². The lowest BCUT2D eigenvalue weighted by molar-refractivity contribution is 0.214. The maximum absolute atomic E-state index is 13.6. The van der Waals surface area contributed by atoms with Gasteiger partial charge in [0.05, 0.1) is 0 Å². The number of rotatable bonds is 2. The molecule has 0 aliphatic rings. The molecule has 0 aliphatic carbocycles. The molecular formula is C15H14F2O. The first-order valence-corrected chi connectivity index (χ1v) is 5.70. The molecule has 1 N–H and O–H groups in total. The van der Waals surface area contributed by atoms with E-state index in [-0.39, 0.29) is 5.56 Å². The Labute approximate surface area is 105 Å². The standard InChI is InChI=1S/C15H14F2O/c1-9-4-3-5-12(10(9)2)15(18)13-7-6-11(16)8-14(13)17/h3-8,15,18H,1-2H3. The van der Waals surface area contributed by atoms with Crippen LogP contribution in [0.25, 0.3) is 0 Å². The molecule has 1 nitrogen and oxygen atoms in total. The average molecular weight is 248 g/mol. The quantitative estimate of drug-likeness (QED) is 0.859. The molecule has 0 bridgehead atoms. The minimum Gasteiger partial charge on any atom is -0.384 e. The molecule has 1 unspecified atom stereocenters. The van der Waals surface area contributed by atoms with Crippen molar-refractivity contribution in [2.75, 3.05) is 0 Å². The van der Waals surface area contributed by atoms with Crippen LogP contribution in [0.1, 0.15) is 28.4 Å². The maximum Gasteiger partial charge on any atom is 0.132 e. The van der Waals surface area contributed by atoms with Crippen LogP contribution in [0.4, 0.5) is 8.78 Å². The fourth-order valence-corrected chi connectivity index (χ4v) is 1.96. The monoisotopic (exact) mass is 248 g/mol. The molecule has 0 fully saturated rings. The summed E-state index contributed by atoms with van der Waals surface area (Å²) in [6.07, 6.45) is -1.08. The number of aliphatic hydroxyl groups is 1. The molecule has 1 atom stereocenters. The molecule has 0 radical (unpaired) electrons. The summed E-state index contributed by atoms with van der Waals surface area (Å²) in [5.74, 6) is -1.38. The van der Waals surface area contributed by atoms with Crippen LogP contribution >= 0.6 is 0 Å². The predicted molar refractivity (Wildman–Crippen MR) is 66.3 cm³/mol. The molecule has 0 aliphatic heterocycles. The van der Waals surface area contributed by atoms with Gasteiger partial charge in [0, 0.05) is 11.6 Å². The van der Waals surface area contributed by atoms with Crippen LogP contribution in [0.15, 0.2) is 36.4 Å². The second-order valence-corrected chi connectivity index (χ2v) is 4.36. The molecule has 2 aromatic rings. The molecule has 0 aromatic heterocycles. The van der Waals surface area contributed by atoms with E-state index in [0.29, 0.717) is 5.56 Å². The Morgan fingerprint density at radius 2 is 1.72 bits per heavy atom. The van der Waals surface area contributed by atoms with E-state index in [1.807, 2.05) is 26.0 Å². The van der Waals surface area contributed by atoms with Crippen molar-refractivity contribution in [2.45, 2.75) is 20.0 Å². The summed E-state index contributed by atoms with van der Waals surface area (Å²) < 4.78 is 26.5. The van der Waals surface area contributed by atoms with E-state index in [1.165, 1.54) is 6.07 Å². The van der Waals surface area contributed by atoms with Gasteiger partial charge < -0.3 is 5.11 Å².